The first-order valence-corrected chi connectivity index (χ1v) is 7.66. The van der Waals surface area contributed by atoms with Crippen molar-refractivity contribution >= 4 is 27.4 Å². The van der Waals surface area contributed by atoms with Crippen LogP contribution < -0.4 is 10.3 Å². The number of nitrogens with zero attached hydrogens (tertiary/aromatic N) is 4. The summed E-state index contributed by atoms with van der Waals surface area (Å²) < 4.78 is 7.59. The number of halogens is 1. The zero-order chi connectivity index (χ0) is 17.3. The van der Waals surface area contributed by atoms with E-state index in [1.165, 1.54) is 16.5 Å². The molecule has 24 heavy (non-hydrogen) atoms. The van der Waals surface area contributed by atoms with Crippen molar-refractivity contribution in [2.75, 3.05) is 0 Å². The molecular weight excluding hydrogens is 380 g/mol. The number of hydrogen-bond donors (Lipinski definition) is 0. The van der Waals surface area contributed by atoms with Gasteiger partial charge in [-0.25, -0.2) is 4.98 Å². The topological polar surface area (TPSA) is 99.6 Å². The lowest BCUT2D eigenvalue weighted by Crippen LogP contribution is -2.16. The first-order valence-electron chi connectivity index (χ1n) is 6.87. The number of hydrogen-bond acceptors (Lipinski definition) is 6. The Morgan fingerprint density at radius 3 is 2.83 bits per heavy atom. The minimum Gasteiger partial charge on any atom is -0.479 e. The minimum absolute atomic E-state index is 0.0309. The van der Waals surface area contributed by atoms with E-state index < -0.39 is 4.92 Å². The molecule has 0 fully saturated rings. The molecule has 9 heteroatoms. The fourth-order valence-corrected chi connectivity index (χ4v) is 2.46. The molecule has 0 unspecified atom stereocenters. The summed E-state index contributed by atoms with van der Waals surface area (Å²) in [5.41, 5.74) is 1.08. The first-order chi connectivity index (χ1) is 11.4. The molecule has 0 atom stereocenters. The van der Waals surface area contributed by atoms with E-state index in [4.69, 9.17) is 4.74 Å². The second kappa shape index (κ2) is 6.36. The van der Waals surface area contributed by atoms with Gasteiger partial charge in [0, 0.05) is 23.7 Å². The van der Waals surface area contributed by atoms with Crippen LogP contribution in [-0.2, 0) is 6.61 Å². The second-order valence-corrected chi connectivity index (χ2v) is 5.90. The van der Waals surface area contributed by atoms with Gasteiger partial charge in [-0.2, -0.15) is 0 Å². The Morgan fingerprint density at radius 2 is 2.08 bits per heavy atom. The Balaban J connectivity index is 1.90. The molecule has 0 bridgehead atoms. The maximum absolute atomic E-state index is 12.1. The largest absolute Gasteiger partial charge is 0.479 e. The van der Waals surface area contributed by atoms with Crippen molar-refractivity contribution < 1.29 is 9.66 Å². The lowest BCUT2D eigenvalue weighted by Gasteiger charge is -2.07. The molecule has 0 spiro atoms. The van der Waals surface area contributed by atoms with E-state index in [1.807, 2.05) is 0 Å². The van der Waals surface area contributed by atoms with Gasteiger partial charge in [0.25, 0.3) is 5.56 Å². The van der Waals surface area contributed by atoms with Crippen LogP contribution >= 0.6 is 15.9 Å². The van der Waals surface area contributed by atoms with Crippen LogP contribution in [-0.4, -0.2) is 19.3 Å². The molecule has 122 valence electrons. The van der Waals surface area contributed by atoms with Gasteiger partial charge in [0.15, 0.2) is 0 Å². The summed E-state index contributed by atoms with van der Waals surface area (Å²) in [6.45, 7) is 1.58. The van der Waals surface area contributed by atoms with Gasteiger partial charge in [-0.3, -0.25) is 9.20 Å². The van der Waals surface area contributed by atoms with Gasteiger partial charge in [0.2, 0.25) is 5.75 Å². The third-order valence-corrected chi connectivity index (χ3v) is 3.67. The molecule has 0 saturated carbocycles. The summed E-state index contributed by atoms with van der Waals surface area (Å²) in [6, 6.07) is 7.87. The predicted molar refractivity (Wildman–Crippen MR) is 89.1 cm³/mol. The SMILES string of the molecule is Cc1ccc(OCc2cc(=O)n3cc(Br)ccc3n2)c([N+](=O)[O-])n1. The van der Waals surface area contributed by atoms with E-state index in [0.717, 1.165) is 4.47 Å². The van der Waals surface area contributed by atoms with Gasteiger partial charge >= 0.3 is 5.82 Å². The Hall–Kier alpha value is -2.81. The molecule has 0 aliphatic carbocycles. The van der Waals surface area contributed by atoms with Crippen LogP contribution in [0.4, 0.5) is 5.82 Å². The van der Waals surface area contributed by atoms with Crippen molar-refractivity contribution in [2.45, 2.75) is 13.5 Å². The Morgan fingerprint density at radius 1 is 1.29 bits per heavy atom. The van der Waals surface area contributed by atoms with Crippen LogP contribution in [0.15, 0.2) is 45.8 Å². The van der Waals surface area contributed by atoms with E-state index >= 15 is 0 Å². The normalized spacial score (nSPS) is 10.8. The Bertz CT molecular complexity index is 1000. The fraction of sp³-hybridized carbons (Fsp3) is 0.133. The summed E-state index contributed by atoms with van der Waals surface area (Å²) in [5, 5.41) is 11.0. The molecule has 0 saturated heterocycles. The first kappa shape index (κ1) is 16.1. The van der Waals surface area contributed by atoms with Gasteiger partial charge < -0.3 is 14.9 Å². The molecule has 8 nitrogen and oxygen atoms in total. The van der Waals surface area contributed by atoms with Crippen molar-refractivity contribution in [2.24, 2.45) is 0 Å². The fourth-order valence-electron chi connectivity index (χ4n) is 2.13. The maximum atomic E-state index is 12.1. The average molecular weight is 391 g/mol. The van der Waals surface area contributed by atoms with Crippen molar-refractivity contribution in [3.05, 3.63) is 72.9 Å². The Labute approximate surface area is 144 Å². The molecule has 0 aliphatic heterocycles. The van der Waals surface area contributed by atoms with Crippen LogP contribution in [0.1, 0.15) is 11.4 Å². The molecule has 3 aromatic heterocycles. The molecule has 0 radical (unpaired) electrons. The van der Waals surface area contributed by atoms with Crippen molar-refractivity contribution in [1.29, 1.82) is 0 Å². The van der Waals surface area contributed by atoms with Gasteiger partial charge in [0.05, 0.1) is 5.69 Å². The summed E-state index contributed by atoms with van der Waals surface area (Å²) in [4.78, 5) is 30.7. The standard InChI is InChI=1S/C15H11BrN4O4/c1-9-2-4-12(15(17-9)20(22)23)24-8-11-6-14(21)19-7-10(16)3-5-13(19)18-11/h2-7H,8H2,1H3. The molecule has 3 aromatic rings. The molecule has 0 amide bonds. The number of ether oxygens (including phenoxy) is 1. The van der Waals surface area contributed by atoms with E-state index in [0.29, 0.717) is 17.0 Å². The van der Waals surface area contributed by atoms with Gasteiger partial charge in [-0.05, 0) is 50.1 Å². The van der Waals surface area contributed by atoms with Crippen molar-refractivity contribution in [3.63, 3.8) is 0 Å². The second-order valence-electron chi connectivity index (χ2n) is 4.98. The Kier molecular flexibility index (Phi) is 4.26. The minimum atomic E-state index is -0.609. The molecule has 0 aliphatic rings. The zero-order valence-corrected chi connectivity index (χ0v) is 14.1. The molecule has 0 N–H and O–H groups in total. The highest BCUT2D eigenvalue weighted by atomic mass is 79.9. The monoisotopic (exact) mass is 390 g/mol. The molecule has 3 heterocycles. The number of rotatable bonds is 4. The number of pyridine rings is 2. The molecular formula is C15H11BrN4O4. The maximum Gasteiger partial charge on any atom is 0.406 e. The summed E-state index contributed by atoms with van der Waals surface area (Å²) in [6.07, 6.45) is 1.62. The van der Waals surface area contributed by atoms with E-state index in [2.05, 4.69) is 25.9 Å². The highest BCUT2D eigenvalue weighted by Gasteiger charge is 2.18. The van der Waals surface area contributed by atoms with Gasteiger partial charge in [-0.1, -0.05) is 0 Å². The smallest absolute Gasteiger partial charge is 0.406 e. The summed E-state index contributed by atoms with van der Waals surface area (Å²) >= 11 is 3.29. The molecule has 0 aromatic carbocycles. The highest BCUT2D eigenvalue weighted by Crippen LogP contribution is 2.25. The number of fused-ring (bicyclic) bond motifs is 1. The predicted octanol–water partition coefficient (Wildman–Crippen LogP) is 2.65. The van der Waals surface area contributed by atoms with E-state index in [9.17, 15) is 14.9 Å². The summed E-state index contributed by atoms with van der Waals surface area (Å²) in [7, 11) is 0. The lowest BCUT2D eigenvalue weighted by atomic mass is 10.3. The van der Waals surface area contributed by atoms with Gasteiger partial charge in [0.1, 0.15) is 17.9 Å². The average Bonchev–Trinajstić information content (AvgIpc) is 2.54. The summed E-state index contributed by atoms with van der Waals surface area (Å²) in [5.74, 6) is -0.333. The highest BCUT2D eigenvalue weighted by molar-refractivity contribution is 9.10. The molecule has 3 rings (SSSR count). The van der Waals surface area contributed by atoms with Crippen molar-refractivity contribution in [3.8, 4) is 5.75 Å². The van der Waals surface area contributed by atoms with E-state index in [-0.39, 0.29) is 23.7 Å². The van der Waals surface area contributed by atoms with Crippen LogP contribution in [0.2, 0.25) is 0 Å². The zero-order valence-electron chi connectivity index (χ0n) is 12.5. The lowest BCUT2D eigenvalue weighted by molar-refractivity contribution is -0.390. The van der Waals surface area contributed by atoms with Crippen LogP contribution in [0, 0.1) is 17.0 Å². The quantitative estimate of drug-likeness (QED) is 0.501. The van der Waals surface area contributed by atoms with Crippen LogP contribution in [0.25, 0.3) is 5.65 Å². The van der Waals surface area contributed by atoms with Crippen LogP contribution in [0.5, 0.6) is 5.75 Å². The third kappa shape index (κ3) is 3.25. The number of aromatic nitrogens is 3. The number of aryl methyl sites for hydroxylation is 1. The van der Waals surface area contributed by atoms with Crippen molar-refractivity contribution in [1.82, 2.24) is 14.4 Å². The third-order valence-electron chi connectivity index (χ3n) is 3.20. The number of nitro groups is 1. The van der Waals surface area contributed by atoms with Gasteiger partial charge in [-0.15, -0.1) is 0 Å². The van der Waals surface area contributed by atoms with Crippen LogP contribution in [0.3, 0.4) is 0 Å². The van der Waals surface area contributed by atoms with E-state index in [1.54, 1.807) is 31.3 Å².